The largest absolute Gasteiger partial charge is 0.350 e. The fourth-order valence-electron chi connectivity index (χ4n) is 3.91. The minimum Gasteiger partial charge on any atom is -0.350 e. The second-order valence-electron chi connectivity index (χ2n) is 7.84. The van der Waals surface area contributed by atoms with Crippen LogP contribution in [0.2, 0.25) is 5.02 Å². The molecule has 33 heavy (non-hydrogen) atoms. The summed E-state index contributed by atoms with van der Waals surface area (Å²) in [7, 11) is 0. The van der Waals surface area contributed by atoms with Crippen molar-refractivity contribution in [3.05, 3.63) is 87.2 Å². The first-order valence-electron chi connectivity index (χ1n) is 10.4. The number of anilines is 1. The Labute approximate surface area is 198 Å². The third-order valence-electron chi connectivity index (χ3n) is 5.56. The van der Waals surface area contributed by atoms with Gasteiger partial charge >= 0.3 is 0 Å². The zero-order chi connectivity index (χ0) is 22.9. The standard InChI is InChI=1S/C24H19ClN4O3S/c25-16-4-9-19-20(12-16)33-24(27-19)23(32)26-13-15-11-22(31)29(14-15)18-7-5-17(6-8-18)28-10-2-1-3-21(28)30/h1-10,12,15H,11,13-14H2,(H,26,32). The van der Waals surface area contributed by atoms with Gasteiger partial charge in [0.05, 0.1) is 10.2 Å². The van der Waals surface area contributed by atoms with E-state index in [-0.39, 0.29) is 23.3 Å². The lowest BCUT2D eigenvalue weighted by Crippen LogP contribution is -2.31. The lowest BCUT2D eigenvalue weighted by atomic mass is 10.1. The van der Waals surface area contributed by atoms with E-state index < -0.39 is 0 Å². The van der Waals surface area contributed by atoms with Gasteiger partial charge in [-0.25, -0.2) is 4.98 Å². The summed E-state index contributed by atoms with van der Waals surface area (Å²) in [6.45, 7) is 0.897. The van der Waals surface area contributed by atoms with Crippen LogP contribution < -0.4 is 15.8 Å². The molecule has 0 bridgehead atoms. The molecule has 1 aliphatic heterocycles. The van der Waals surface area contributed by atoms with Crippen molar-refractivity contribution in [1.82, 2.24) is 14.9 Å². The molecule has 1 unspecified atom stereocenters. The number of amides is 2. The van der Waals surface area contributed by atoms with Crippen LogP contribution in [-0.4, -0.2) is 34.5 Å². The van der Waals surface area contributed by atoms with E-state index in [1.807, 2.05) is 24.3 Å². The number of benzene rings is 2. The quantitative estimate of drug-likeness (QED) is 0.471. The highest BCUT2D eigenvalue weighted by Crippen LogP contribution is 2.27. The Morgan fingerprint density at radius 1 is 1.09 bits per heavy atom. The van der Waals surface area contributed by atoms with Crippen LogP contribution in [0, 0.1) is 5.92 Å². The Balaban J connectivity index is 1.22. The van der Waals surface area contributed by atoms with Crippen LogP contribution >= 0.6 is 22.9 Å². The summed E-state index contributed by atoms with van der Waals surface area (Å²) in [5, 5.41) is 3.88. The Morgan fingerprint density at radius 2 is 1.88 bits per heavy atom. The van der Waals surface area contributed by atoms with Gasteiger partial charge < -0.3 is 10.2 Å². The molecule has 1 atom stereocenters. The first-order chi connectivity index (χ1) is 16.0. The number of nitrogens with one attached hydrogen (secondary N) is 1. The highest BCUT2D eigenvalue weighted by molar-refractivity contribution is 7.20. The fourth-order valence-corrected chi connectivity index (χ4v) is 5.07. The lowest BCUT2D eigenvalue weighted by Gasteiger charge is -2.17. The molecular weight excluding hydrogens is 460 g/mol. The maximum Gasteiger partial charge on any atom is 0.280 e. The molecule has 0 spiro atoms. The molecule has 3 heterocycles. The Kier molecular flexibility index (Phi) is 5.70. The van der Waals surface area contributed by atoms with Gasteiger partial charge in [0, 0.05) is 54.1 Å². The van der Waals surface area contributed by atoms with Crippen LogP contribution in [0.4, 0.5) is 5.69 Å². The van der Waals surface area contributed by atoms with Crippen molar-refractivity contribution in [2.24, 2.45) is 5.92 Å². The first-order valence-corrected chi connectivity index (χ1v) is 11.6. The topological polar surface area (TPSA) is 84.3 Å². The summed E-state index contributed by atoms with van der Waals surface area (Å²) in [5.74, 6) is -0.244. The summed E-state index contributed by atoms with van der Waals surface area (Å²) >= 11 is 7.30. The third-order valence-corrected chi connectivity index (χ3v) is 6.82. The number of hydrogen-bond donors (Lipinski definition) is 1. The number of halogens is 1. The van der Waals surface area contributed by atoms with E-state index in [1.165, 1.54) is 17.4 Å². The Morgan fingerprint density at radius 3 is 2.67 bits per heavy atom. The van der Waals surface area contributed by atoms with Gasteiger partial charge in [-0.1, -0.05) is 17.7 Å². The van der Waals surface area contributed by atoms with E-state index in [4.69, 9.17) is 11.6 Å². The highest BCUT2D eigenvalue weighted by Gasteiger charge is 2.31. The van der Waals surface area contributed by atoms with Crippen molar-refractivity contribution < 1.29 is 9.59 Å². The Hall–Kier alpha value is -3.49. The van der Waals surface area contributed by atoms with Crippen molar-refractivity contribution in [2.45, 2.75) is 6.42 Å². The minimum absolute atomic E-state index is 0.00157. The SMILES string of the molecule is O=C(NCC1CC(=O)N(c2ccc(-n3ccccc3=O)cc2)C1)c1nc2ccc(Cl)cc2s1. The number of fused-ring (bicyclic) bond motifs is 1. The molecule has 166 valence electrons. The van der Waals surface area contributed by atoms with E-state index in [9.17, 15) is 14.4 Å². The summed E-state index contributed by atoms with van der Waals surface area (Å²) in [5.41, 5.74) is 2.12. The van der Waals surface area contributed by atoms with E-state index in [1.54, 1.807) is 46.0 Å². The van der Waals surface area contributed by atoms with Gasteiger partial charge in [0.2, 0.25) is 5.91 Å². The van der Waals surface area contributed by atoms with Crippen LogP contribution in [0.3, 0.4) is 0 Å². The van der Waals surface area contributed by atoms with Gasteiger partial charge in [0.1, 0.15) is 0 Å². The molecule has 0 radical (unpaired) electrons. The van der Waals surface area contributed by atoms with Gasteiger partial charge in [-0.15, -0.1) is 11.3 Å². The molecule has 1 aliphatic rings. The molecule has 1 saturated heterocycles. The third kappa shape index (κ3) is 4.40. The van der Waals surface area contributed by atoms with E-state index in [2.05, 4.69) is 10.3 Å². The maximum absolute atomic E-state index is 12.6. The lowest BCUT2D eigenvalue weighted by molar-refractivity contribution is -0.117. The van der Waals surface area contributed by atoms with E-state index >= 15 is 0 Å². The molecule has 1 N–H and O–H groups in total. The monoisotopic (exact) mass is 478 g/mol. The smallest absolute Gasteiger partial charge is 0.280 e. The normalized spacial score (nSPS) is 15.8. The zero-order valence-electron chi connectivity index (χ0n) is 17.4. The van der Waals surface area contributed by atoms with Crippen molar-refractivity contribution in [2.75, 3.05) is 18.0 Å². The van der Waals surface area contributed by atoms with Crippen LogP contribution in [0.5, 0.6) is 0 Å². The minimum atomic E-state index is -0.254. The zero-order valence-corrected chi connectivity index (χ0v) is 19.0. The molecular formula is C24H19ClN4O3S. The number of carbonyl (C=O) groups is 2. The molecule has 4 aromatic rings. The second-order valence-corrected chi connectivity index (χ2v) is 9.31. The number of thiazole rings is 1. The predicted molar refractivity (Wildman–Crippen MR) is 129 cm³/mol. The molecule has 0 saturated carbocycles. The van der Waals surface area contributed by atoms with E-state index in [0.29, 0.717) is 29.5 Å². The predicted octanol–water partition coefficient (Wildman–Crippen LogP) is 3.88. The average molecular weight is 479 g/mol. The van der Waals surface area contributed by atoms with Crippen molar-refractivity contribution >= 4 is 50.7 Å². The number of aromatic nitrogens is 2. The van der Waals surface area contributed by atoms with Crippen LogP contribution in [0.15, 0.2) is 71.7 Å². The highest BCUT2D eigenvalue weighted by atomic mass is 35.5. The Bertz CT molecular complexity index is 1410. The number of nitrogens with zero attached hydrogens (tertiary/aromatic N) is 3. The molecule has 1 fully saturated rings. The van der Waals surface area contributed by atoms with Crippen LogP contribution in [0.1, 0.15) is 16.2 Å². The summed E-state index contributed by atoms with van der Waals surface area (Å²) in [6, 6.07) is 17.6. The second kappa shape index (κ2) is 8.80. The van der Waals surface area contributed by atoms with Gasteiger partial charge in [-0.3, -0.25) is 19.0 Å². The summed E-state index contributed by atoms with van der Waals surface area (Å²) < 4.78 is 2.40. The molecule has 0 aliphatic carbocycles. The number of carbonyl (C=O) groups excluding carboxylic acids is 2. The molecule has 7 nitrogen and oxygen atoms in total. The van der Waals surface area contributed by atoms with Gasteiger partial charge in [-0.2, -0.15) is 0 Å². The van der Waals surface area contributed by atoms with Crippen molar-refractivity contribution in [1.29, 1.82) is 0 Å². The molecule has 5 rings (SSSR count). The van der Waals surface area contributed by atoms with Crippen molar-refractivity contribution in [3.8, 4) is 5.69 Å². The maximum atomic E-state index is 12.6. The number of pyridine rings is 1. The molecule has 2 aromatic heterocycles. The summed E-state index contributed by atoms with van der Waals surface area (Å²) in [6.07, 6.45) is 2.06. The van der Waals surface area contributed by atoms with Crippen LogP contribution in [-0.2, 0) is 4.79 Å². The van der Waals surface area contributed by atoms with E-state index in [0.717, 1.165) is 21.6 Å². The molecule has 2 amide bonds. The summed E-state index contributed by atoms with van der Waals surface area (Å²) in [4.78, 5) is 43.2. The molecule has 2 aromatic carbocycles. The van der Waals surface area contributed by atoms with Crippen LogP contribution in [0.25, 0.3) is 15.9 Å². The van der Waals surface area contributed by atoms with Gasteiger partial charge in [-0.05, 0) is 48.5 Å². The van der Waals surface area contributed by atoms with Crippen molar-refractivity contribution in [3.63, 3.8) is 0 Å². The first kappa shape index (κ1) is 21.4. The fraction of sp³-hybridized carbons (Fsp3) is 0.167. The van der Waals surface area contributed by atoms with Gasteiger partial charge in [0.25, 0.3) is 11.5 Å². The number of rotatable bonds is 5. The van der Waals surface area contributed by atoms with Gasteiger partial charge in [0.15, 0.2) is 5.01 Å². The number of hydrogen-bond acceptors (Lipinski definition) is 5. The average Bonchev–Trinajstić information content (AvgIpc) is 3.41. The molecule has 9 heteroatoms.